The number of halogens is 1. The van der Waals surface area contributed by atoms with Gasteiger partial charge in [0.1, 0.15) is 5.52 Å². The van der Waals surface area contributed by atoms with Crippen molar-refractivity contribution in [3.8, 4) is 0 Å². The average Bonchev–Trinajstić information content (AvgIpc) is 2.33. The van der Waals surface area contributed by atoms with E-state index in [0.29, 0.717) is 0 Å². The molecule has 0 bridgehead atoms. The molecule has 52 valence electrons. The number of fused-ring (bicyclic) bond motifs is 1. The molecule has 2 nitrogen and oxygen atoms in total. The van der Waals surface area contributed by atoms with Crippen molar-refractivity contribution in [2.75, 3.05) is 0 Å². The molecule has 0 radical (unpaired) electrons. The highest BCUT2D eigenvalue weighted by Gasteiger charge is 1.91. The van der Waals surface area contributed by atoms with E-state index in [1.807, 2.05) is 24.3 Å². The summed E-state index contributed by atoms with van der Waals surface area (Å²) in [4.78, 5) is 3.95. The first-order valence-corrected chi connectivity index (χ1v) is 2.75. The Labute approximate surface area is 56.9 Å². The van der Waals surface area contributed by atoms with Crippen LogP contribution in [0, 0.1) is 0 Å². The topological polar surface area (TPSA) is 26.0 Å². The zero-order valence-electron chi connectivity index (χ0n) is 5.15. The first-order valence-electron chi connectivity index (χ1n) is 2.75. The third-order valence-electron chi connectivity index (χ3n) is 1.24. The lowest BCUT2D eigenvalue weighted by molar-refractivity contribution is 0.602. The van der Waals surface area contributed by atoms with Crippen LogP contribution in [0.25, 0.3) is 11.1 Å². The number of nitrogens with zero attached hydrogens (tertiary/aromatic N) is 1. The Morgan fingerprint density at radius 3 is 2.80 bits per heavy atom. The van der Waals surface area contributed by atoms with Gasteiger partial charge in [-0.25, -0.2) is 4.98 Å². The Kier molecular flexibility index (Phi) is 1.67. The van der Waals surface area contributed by atoms with Crippen LogP contribution in [0.1, 0.15) is 0 Å². The molecule has 3 heteroatoms. The summed E-state index contributed by atoms with van der Waals surface area (Å²) in [5.41, 5.74) is 1.76. The molecule has 0 saturated heterocycles. The van der Waals surface area contributed by atoms with Crippen molar-refractivity contribution >= 4 is 11.1 Å². The van der Waals surface area contributed by atoms with Crippen LogP contribution in [-0.4, -0.2) is 4.98 Å². The lowest BCUT2D eigenvalue weighted by Gasteiger charge is -1.79. The molecule has 0 fully saturated rings. The van der Waals surface area contributed by atoms with Gasteiger partial charge in [0.15, 0.2) is 12.0 Å². The number of benzene rings is 1. The second kappa shape index (κ2) is 2.47. The van der Waals surface area contributed by atoms with E-state index in [0.717, 1.165) is 11.1 Å². The first kappa shape index (κ1) is 6.74. The average molecular weight is 139 g/mol. The van der Waals surface area contributed by atoms with Gasteiger partial charge in [-0.05, 0) is 12.1 Å². The molecular formula is C7H6FNO. The summed E-state index contributed by atoms with van der Waals surface area (Å²) < 4.78 is 5.01. The predicted octanol–water partition coefficient (Wildman–Crippen LogP) is 1.98. The number of para-hydroxylation sites is 2. The molecule has 0 aliphatic heterocycles. The SMILES string of the molecule is F.c1ccc2ocnc2c1. The molecule has 1 aromatic carbocycles. The molecule has 2 aromatic rings. The van der Waals surface area contributed by atoms with Gasteiger partial charge < -0.3 is 4.42 Å². The largest absolute Gasteiger partial charge is 0.443 e. The monoisotopic (exact) mass is 139 g/mol. The lowest BCUT2D eigenvalue weighted by Crippen LogP contribution is -1.61. The zero-order valence-corrected chi connectivity index (χ0v) is 5.15. The molecule has 0 amide bonds. The van der Waals surface area contributed by atoms with E-state index in [2.05, 4.69) is 4.98 Å². The van der Waals surface area contributed by atoms with Gasteiger partial charge in [0.25, 0.3) is 0 Å². The van der Waals surface area contributed by atoms with E-state index < -0.39 is 0 Å². The third-order valence-corrected chi connectivity index (χ3v) is 1.24. The van der Waals surface area contributed by atoms with Crippen LogP contribution in [0.5, 0.6) is 0 Å². The molecule has 0 aliphatic carbocycles. The van der Waals surface area contributed by atoms with Gasteiger partial charge >= 0.3 is 0 Å². The van der Waals surface area contributed by atoms with Gasteiger partial charge in [0, 0.05) is 0 Å². The molecule has 0 saturated carbocycles. The van der Waals surface area contributed by atoms with E-state index in [-0.39, 0.29) is 4.70 Å². The summed E-state index contributed by atoms with van der Waals surface area (Å²) in [5, 5.41) is 0. The Bertz CT molecular complexity index is 288. The fraction of sp³-hybridized carbons (Fsp3) is 0. The number of hydrogen-bond donors (Lipinski definition) is 0. The van der Waals surface area contributed by atoms with Crippen molar-refractivity contribution in [2.45, 2.75) is 0 Å². The van der Waals surface area contributed by atoms with Gasteiger partial charge in [0.2, 0.25) is 0 Å². The zero-order chi connectivity index (χ0) is 6.10. The van der Waals surface area contributed by atoms with E-state index in [4.69, 9.17) is 4.42 Å². The maximum atomic E-state index is 5.01. The molecule has 1 aromatic heterocycles. The summed E-state index contributed by atoms with van der Waals surface area (Å²) in [7, 11) is 0. The fourth-order valence-corrected chi connectivity index (χ4v) is 0.803. The lowest BCUT2D eigenvalue weighted by atomic mass is 10.3. The van der Waals surface area contributed by atoms with E-state index >= 15 is 0 Å². The summed E-state index contributed by atoms with van der Waals surface area (Å²) >= 11 is 0. The summed E-state index contributed by atoms with van der Waals surface area (Å²) in [6.45, 7) is 0. The van der Waals surface area contributed by atoms with Crippen LogP contribution >= 0.6 is 0 Å². The Hall–Kier alpha value is -1.38. The number of aromatic nitrogens is 1. The maximum absolute atomic E-state index is 5.01. The van der Waals surface area contributed by atoms with Crippen molar-refractivity contribution in [3.05, 3.63) is 30.7 Å². The van der Waals surface area contributed by atoms with Crippen LogP contribution < -0.4 is 0 Å². The molecule has 0 atom stereocenters. The van der Waals surface area contributed by atoms with E-state index in [9.17, 15) is 0 Å². The number of oxazole rings is 1. The highest BCUT2D eigenvalue weighted by atomic mass is 19.0. The Morgan fingerprint density at radius 1 is 1.20 bits per heavy atom. The van der Waals surface area contributed by atoms with Gasteiger partial charge in [-0.1, -0.05) is 12.1 Å². The minimum absolute atomic E-state index is 0. The third kappa shape index (κ3) is 0.857. The van der Waals surface area contributed by atoms with Crippen molar-refractivity contribution < 1.29 is 9.12 Å². The van der Waals surface area contributed by atoms with Gasteiger partial charge in [-0.15, -0.1) is 0 Å². The Balaban J connectivity index is 0.000000500. The predicted molar refractivity (Wildman–Crippen MR) is 36.5 cm³/mol. The van der Waals surface area contributed by atoms with E-state index in [1.54, 1.807) is 0 Å². The molecule has 1 heterocycles. The molecule has 0 unspecified atom stereocenters. The van der Waals surface area contributed by atoms with Gasteiger partial charge in [-0.2, -0.15) is 0 Å². The Morgan fingerprint density at radius 2 is 2.00 bits per heavy atom. The van der Waals surface area contributed by atoms with E-state index in [1.165, 1.54) is 6.39 Å². The van der Waals surface area contributed by atoms with Crippen LogP contribution in [0.15, 0.2) is 35.1 Å². The molecule has 0 aliphatic rings. The van der Waals surface area contributed by atoms with Crippen molar-refractivity contribution in [1.82, 2.24) is 4.98 Å². The van der Waals surface area contributed by atoms with Gasteiger partial charge in [-0.3, -0.25) is 4.70 Å². The normalized spacial score (nSPS) is 9.20. The molecule has 10 heavy (non-hydrogen) atoms. The summed E-state index contributed by atoms with van der Waals surface area (Å²) in [6, 6.07) is 7.67. The second-order valence-electron chi connectivity index (χ2n) is 1.82. The summed E-state index contributed by atoms with van der Waals surface area (Å²) in [6.07, 6.45) is 1.45. The van der Waals surface area contributed by atoms with Gasteiger partial charge in [0.05, 0.1) is 0 Å². The second-order valence-corrected chi connectivity index (χ2v) is 1.82. The van der Waals surface area contributed by atoms with Crippen molar-refractivity contribution in [2.24, 2.45) is 0 Å². The maximum Gasteiger partial charge on any atom is 0.181 e. The smallest absolute Gasteiger partial charge is 0.181 e. The molecule has 2 rings (SSSR count). The van der Waals surface area contributed by atoms with Crippen molar-refractivity contribution in [1.29, 1.82) is 0 Å². The standard InChI is InChI=1S/C7H5NO.FH/c1-2-4-7-6(3-1)8-5-9-7;/h1-5H;1H. The van der Waals surface area contributed by atoms with Crippen LogP contribution in [0.3, 0.4) is 0 Å². The minimum atomic E-state index is 0. The fourth-order valence-electron chi connectivity index (χ4n) is 0.803. The number of hydrogen-bond acceptors (Lipinski definition) is 2. The highest BCUT2D eigenvalue weighted by Crippen LogP contribution is 2.09. The number of rotatable bonds is 0. The van der Waals surface area contributed by atoms with Crippen LogP contribution in [-0.2, 0) is 0 Å². The minimum Gasteiger partial charge on any atom is -0.443 e. The first-order chi connectivity index (χ1) is 4.47. The molecule has 0 N–H and O–H groups in total. The van der Waals surface area contributed by atoms with Crippen molar-refractivity contribution in [3.63, 3.8) is 0 Å². The highest BCUT2D eigenvalue weighted by molar-refractivity contribution is 5.71. The van der Waals surface area contributed by atoms with Crippen LogP contribution in [0.4, 0.5) is 4.70 Å². The van der Waals surface area contributed by atoms with Crippen LogP contribution in [0.2, 0.25) is 0 Å². The molecular weight excluding hydrogens is 133 g/mol. The summed E-state index contributed by atoms with van der Waals surface area (Å²) in [5.74, 6) is 0. The molecule has 0 spiro atoms. The quantitative estimate of drug-likeness (QED) is 0.557.